The van der Waals surface area contributed by atoms with Crippen LogP contribution in [0, 0.1) is 5.82 Å². The van der Waals surface area contributed by atoms with Crippen molar-refractivity contribution in [2.45, 2.75) is 13.2 Å². The Morgan fingerprint density at radius 2 is 2.07 bits per heavy atom. The van der Waals surface area contributed by atoms with E-state index in [2.05, 4.69) is 26.1 Å². The minimum Gasteiger partial charge on any atom is -0.493 e. The van der Waals surface area contributed by atoms with Crippen LogP contribution in [0.4, 0.5) is 4.39 Å². The van der Waals surface area contributed by atoms with E-state index in [-0.39, 0.29) is 6.61 Å². The number of ether oxygens (including phenoxy) is 3. The molecule has 0 amide bonds. The second kappa shape index (κ2) is 11.1. The van der Waals surface area contributed by atoms with Gasteiger partial charge in [-0.3, -0.25) is 4.90 Å². The Balaban J connectivity index is 1.58. The summed E-state index contributed by atoms with van der Waals surface area (Å²) >= 11 is 9.62. The van der Waals surface area contributed by atoms with Crippen LogP contribution >= 0.6 is 27.5 Å². The first-order valence-corrected chi connectivity index (χ1v) is 10.7. The van der Waals surface area contributed by atoms with Crippen molar-refractivity contribution in [1.29, 1.82) is 0 Å². The molecule has 2 aromatic rings. The van der Waals surface area contributed by atoms with Crippen molar-refractivity contribution in [3.63, 3.8) is 0 Å². The van der Waals surface area contributed by atoms with Crippen molar-refractivity contribution < 1.29 is 18.6 Å². The molecule has 0 radical (unpaired) electrons. The van der Waals surface area contributed by atoms with Crippen molar-refractivity contribution in [1.82, 2.24) is 10.2 Å². The Morgan fingerprint density at radius 1 is 1.28 bits per heavy atom. The standard InChI is InChI=1S/C21H25BrClFN2O3/c1-27-20-12-15(13-25-5-6-26-7-9-28-10-8-26)11-17(22)21(20)29-14-16-18(23)3-2-4-19(16)24/h2-4,11-12,25H,5-10,13-14H2,1H3. The molecule has 1 aliphatic heterocycles. The maximum Gasteiger partial charge on any atom is 0.175 e. The molecule has 0 bridgehead atoms. The monoisotopic (exact) mass is 486 g/mol. The van der Waals surface area contributed by atoms with Gasteiger partial charge in [0.05, 0.1) is 29.8 Å². The zero-order chi connectivity index (χ0) is 20.6. The molecule has 0 aromatic heterocycles. The predicted molar refractivity (Wildman–Crippen MR) is 115 cm³/mol. The number of benzene rings is 2. The molecular formula is C21H25BrClFN2O3. The van der Waals surface area contributed by atoms with E-state index in [1.165, 1.54) is 6.07 Å². The highest BCUT2D eigenvalue weighted by Gasteiger charge is 2.15. The van der Waals surface area contributed by atoms with Crippen molar-refractivity contribution in [2.75, 3.05) is 46.5 Å². The first kappa shape index (κ1) is 22.3. The molecule has 29 heavy (non-hydrogen) atoms. The molecule has 0 saturated carbocycles. The summed E-state index contributed by atoms with van der Waals surface area (Å²) in [4.78, 5) is 2.39. The Labute approximate surface area is 184 Å². The summed E-state index contributed by atoms with van der Waals surface area (Å²) < 4.78 is 31.4. The van der Waals surface area contributed by atoms with Crippen LogP contribution in [0.25, 0.3) is 0 Å². The van der Waals surface area contributed by atoms with Gasteiger partial charge in [-0.2, -0.15) is 0 Å². The SMILES string of the molecule is COc1cc(CNCCN2CCOCC2)cc(Br)c1OCc1c(F)cccc1Cl. The smallest absolute Gasteiger partial charge is 0.175 e. The average Bonchev–Trinajstić information content (AvgIpc) is 2.72. The Bertz CT molecular complexity index is 799. The molecule has 1 heterocycles. The van der Waals surface area contributed by atoms with Gasteiger partial charge in [0.2, 0.25) is 0 Å². The molecule has 0 spiro atoms. The fraction of sp³-hybridized carbons (Fsp3) is 0.429. The molecule has 0 unspecified atom stereocenters. The topological polar surface area (TPSA) is 43.0 Å². The van der Waals surface area contributed by atoms with Gasteiger partial charge in [-0.15, -0.1) is 0 Å². The highest BCUT2D eigenvalue weighted by Crippen LogP contribution is 2.37. The summed E-state index contributed by atoms with van der Waals surface area (Å²) in [5.41, 5.74) is 1.38. The lowest BCUT2D eigenvalue weighted by Crippen LogP contribution is -2.40. The van der Waals surface area contributed by atoms with Gasteiger partial charge in [0.1, 0.15) is 12.4 Å². The van der Waals surface area contributed by atoms with E-state index in [0.29, 0.717) is 28.6 Å². The Hall–Kier alpha value is -1.38. The van der Waals surface area contributed by atoms with Gasteiger partial charge in [-0.25, -0.2) is 4.39 Å². The Kier molecular flexibility index (Phi) is 8.56. The molecular weight excluding hydrogens is 463 g/mol. The number of halogens is 3. The maximum atomic E-state index is 14.0. The summed E-state index contributed by atoms with van der Waals surface area (Å²) in [5.74, 6) is 0.703. The Morgan fingerprint density at radius 3 is 2.79 bits per heavy atom. The maximum absolute atomic E-state index is 14.0. The molecule has 8 heteroatoms. The predicted octanol–water partition coefficient (Wildman–Crippen LogP) is 4.25. The van der Waals surface area contributed by atoms with E-state index in [9.17, 15) is 4.39 Å². The highest BCUT2D eigenvalue weighted by molar-refractivity contribution is 9.10. The number of methoxy groups -OCH3 is 1. The second-order valence-corrected chi connectivity index (χ2v) is 7.99. The normalized spacial score (nSPS) is 14.8. The van der Waals surface area contributed by atoms with Crippen molar-refractivity contribution in [2.24, 2.45) is 0 Å². The fourth-order valence-electron chi connectivity index (χ4n) is 3.12. The van der Waals surface area contributed by atoms with Crippen molar-refractivity contribution in [3.05, 3.63) is 56.8 Å². The van der Waals surface area contributed by atoms with Crippen molar-refractivity contribution >= 4 is 27.5 Å². The van der Waals surface area contributed by atoms with Gasteiger partial charge in [0.15, 0.2) is 11.5 Å². The quantitative estimate of drug-likeness (QED) is 0.536. The van der Waals surface area contributed by atoms with E-state index < -0.39 is 5.82 Å². The second-order valence-electron chi connectivity index (χ2n) is 6.73. The minimum absolute atomic E-state index is 0.0115. The first-order valence-electron chi connectivity index (χ1n) is 9.51. The summed E-state index contributed by atoms with van der Waals surface area (Å²) in [5, 5.41) is 3.79. The largest absolute Gasteiger partial charge is 0.493 e. The number of nitrogens with zero attached hydrogens (tertiary/aromatic N) is 1. The molecule has 158 valence electrons. The van der Waals surface area contributed by atoms with Gasteiger partial charge < -0.3 is 19.5 Å². The number of nitrogens with one attached hydrogen (secondary N) is 1. The van der Waals surface area contributed by atoms with Gasteiger partial charge in [-0.1, -0.05) is 17.7 Å². The third-order valence-corrected chi connectivity index (χ3v) is 5.69. The van der Waals surface area contributed by atoms with E-state index in [0.717, 1.165) is 49.4 Å². The van der Waals surface area contributed by atoms with E-state index in [4.69, 9.17) is 25.8 Å². The molecule has 1 aliphatic rings. The molecule has 1 saturated heterocycles. The van der Waals surface area contributed by atoms with Crippen LogP contribution in [0.3, 0.4) is 0 Å². The minimum atomic E-state index is -0.395. The highest BCUT2D eigenvalue weighted by atomic mass is 79.9. The van der Waals surface area contributed by atoms with Crippen LogP contribution in [0.15, 0.2) is 34.8 Å². The summed E-state index contributed by atoms with van der Waals surface area (Å²) in [6.45, 7) is 6.19. The number of hydrogen-bond acceptors (Lipinski definition) is 5. The zero-order valence-corrected chi connectivity index (χ0v) is 18.7. The lowest BCUT2D eigenvalue weighted by molar-refractivity contribution is 0.0384. The molecule has 1 fully saturated rings. The fourth-order valence-corrected chi connectivity index (χ4v) is 3.95. The number of hydrogen-bond donors (Lipinski definition) is 1. The molecule has 5 nitrogen and oxygen atoms in total. The zero-order valence-electron chi connectivity index (χ0n) is 16.3. The molecule has 1 N–H and O–H groups in total. The van der Waals surface area contributed by atoms with Crippen LogP contribution in [0.5, 0.6) is 11.5 Å². The van der Waals surface area contributed by atoms with E-state index in [1.54, 1.807) is 19.2 Å². The van der Waals surface area contributed by atoms with Crippen molar-refractivity contribution in [3.8, 4) is 11.5 Å². The lowest BCUT2D eigenvalue weighted by atomic mass is 10.2. The third kappa shape index (κ3) is 6.30. The van der Waals surface area contributed by atoms with Gasteiger partial charge in [-0.05, 0) is 45.8 Å². The number of rotatable bonds is 9. The lowest BCUT2D eigenvalue weighted by Gasteiger charge is -2.26. The van der Waals surface area contributed by atoms with Gasteiger partial charge in [0.25, 0.3) is 0 Å². The van der Waals surface area contributed by atoms with E-state index >= 15 is 0 Å². The van der Waals surface area contributed by atoms with Crippen LogP contribution in [0.1, 0.15) is 11.1 Å². The molecule has 0 aliphatic carbocycles. The molecule has 3 rings (SSSR count). The first-order chi connectivity index (χ1) is 14.1. The van der Waals surface area contributed by atoms with Gasteiger partial charge >= 0.3 is 0 Å². The average molecular weight is 488 g/mol. The summed E-state index contributed by atoms with van der Waals surface area (Å²) in [6, 6.07) is 8.47. The van der Waals surface area contributed by atoms with E-state index in [1.807, 2.05) is 12.1 Å². The molecule has 2 aromatic carbocycles. The van der Waals surface area contributed by atoms with Crippen LogP contribution in [-0.2, 0) is 17.9 Å². The van der Waals surface area contributed by atoms with Crippen LogP contribution in [0.2, 0.25) is 5.02 Å². The van der Waals surface area contributed by atoms with Gasteiger partial charge in [0, 0.05) is 38.3 Å². The summed E-state index contributed by atoms with van der Waals surface area (Å²) in [7, 11) is 1.58. The van der Waals surface area contributed by atoms with Crippen LogP contribution < -0.4 is 14.8 Å². The molecule has 0 atom stereocenters. The third-order valence-electron chi connectivity index (χ3n) is 4.75. The number of morpholine rings is 1. The van der Waals surface area contributed by atoms with Crippen LogP contribution in [-0.4, -0.2) is 51.4 Å². The summed E-state index contributed by atoms with van der Waals surface area (Å²) in [6.07, 6.45) is 0.